The second-order valence-corrected chi connectivity index (χ2v) is 6.74. The van der Waals surface area contributed by atoms with Crippen LogP contribution in [0.1, 0.15) is 10.4 Å². The van der Waals surface area contributed by atoms with E-state index in [-0.39, 0.29) is 11.8 Å². The van der Waals surface area contributed by atoms with Crippen molar-refractivity contribution in [2.45, 2.75) is 0 Å². The number of nitrogens with zero attached hydrogens (tertiary/aromatic N) is 2. The van der Waals surface area contributed by atoms with Gasteiger partial charge in [-0.1, -0.05) is 6.07 Å². The molecule has 1 heterocycles. The predicted octanol–water partition coefficient (Wildman–Crippen LogP) is 3.05. The van der Waals surface area contributed by atoms with Gasteiger partial charge in [0.15, 0.2) is 0 Å². The molecule has 0 aliphatic rings. The number of carbonyl (C=O) groups excluding carboxylic acids is 2. The van der Waals surface area contributed by atoms with E-state index >= 15 is 0 Å². The lowest BCUT2D eigenvalue weighted by Crippen LogP contribution is -2.27. The maximum absolute atomic E-state index is 12.4. The largest absolute Gasteiger partial charge is 0.325 e. The Hall–Kier alpha value is -2.77. The molecule has 0 saturated carbocycles. The van der Waals surface area contributed by atoms with Crippen molar-refractivity contribution < 1.29 is 9.59 Å². The van der Waals surface area contributed by atoms with Crippen molar-refractivity contribution in [3.05, 3.63) is 53.5 Å². The molecule has 0 aliphatic heterocycles. The maximum atomic E-state index is 12.4. The van der Waals surface area contributed by atoms with Gasteiger partial charge in [0.25, 0.3) is 5.91 Å². The van der Waals surface area contributed by atoms with Crippen LogP contribution in [-0.2, 0) is 4.79 Å². The van der Waals surface area contributed by atoms with Crippen molar-refractivity contribution in [2.75, 3.05) is 31.3 Å². The number of rotatable bonds is 5. The van der Waals surface area contributed by atoms with E-state index in [1.54, 1.807) is 46.8 Å². The Morgan fingerprint density at radius 1 is 1.08 bits per heavy atom. The zero-order valence-electron chi connectivity index (χ0n) is 13.9. The highest BCUT2D eigenvalue weighted by molar-refractivity contribution is 7.16. The number of anilines is 2. The molecule has 3 aromatic rings. The second-order valence-electron chi connectivity index (χ2n) is 5.86. The third-order valence-corrected chi connectivity index (χ3v) is 4.27. The molecule has 6 nitrogen and oxygen atoms in total. The minimum absolute atomic E-state index is 0.109. The average Bonchev–Trinajstić information content (AvgIpc) is 3.01. The number of hydrogen-bond acceptors (Lipinski definition) is 5. The third-order valence-electron chi connectivity index (χ3n) is 3.46. The van der Waals surface area contributed by atoms with Gasteiger partial charge in [0.1, 0.15) is 0 Å². The van der Waals surface area contributed by atoms with Gasteiger partial charge in [0.05, 0.1) is 22.3 Å². The number of fused-ring (bicyclic) bond motifs is 1. The van der Waals surface area contributed by atoms with E-state index in [0.717, 1.165) is 10.2 Å². The van der Waals surface area contributed by atoms with Crippen molar-refractivity contribution in [1.29, 1.82) is 0 Å². The van der Waals surface area contributed by atoms with Crippen molar-refractivity contribution in [3.8, 4) is 0 Å². The summed E-state index contributed by atoms with van der Waals surface area (Å²) in [5, 5.41) is 5.65. The standard InChI is InChI=1S/C18H18N4O2S/c1-22(2)10-17(23)20-13-4-3-5-14(9-13)21-18(24)12-6-7-16-15(8-12)19-11-25-16/h3-9,11H,10H2,1-2H3,(H,20,23)(H,21,24). The fraction of sp³-hybridized carbons (Fsp3) is 0.167. The number of amides is 2. The third kappa shape index (κ3) is 4.40. The SMILES string of the molecule is CN(C)CC(=O)Nc1cccc(NC(=O)c2ccc3scnc3c2)c1. The van der Waals surface area contributed by atoms with E-state index in [0.29, 0.717) is 23.5 Å². The van der Waals surface area contributed by atoms with Crippen LogP contribution in [0.5, 0.6) is 0 Å². The van der Waals surface area contributed by atoms with Gasteiger partial charge >= 0.3 is 0 Å². The van der Waals surface area contributed by atoms with E-state index in [2.05, 4.69) is 15.6 Å². The van der Waals surface area contributed by atoms with Gasteiger partial charge in [0.2, 0.25) is 5.91 Å². The summed E-state index contributed by atoms with van der Waals surface area (Å²) in [5.74, 6) is -0.325. The summed E-state index contributed by atoms with van der Waals surface area (Å²) in [5.41, 5.74) is 4.36. The average molecular weight is 354 g/mol. The van der Waals surface area contributed by atoms with Crippen LogP contribution in [0.15, 0.2) is 48.0 Å². The Kier molecular flexibility index (Phi) is 5.06. The number of hydrogen-bond donors (Lipinski definition) is 2. The van der Waals surface area contributed by atoms with Crippen LogP contribution in [0, 0.1) is 0 Å². The van der Waals surface area contributed by atoms with Crippen LogP contribution in [0.25, 0.3) is 10.2 Å². The summed E-state index contributed by atoms with van der Waals surface area (Å²) >= 11 is 1.54. The summed E-state index contributed by atoms with van der Waals surface area (Å²) in [4.78, 5) is 30.3. The lowest BCUT2D eigenvalue weighted by molar-refractivity contribution is -0.116. The molecule has 0 radical (unpaired) electrons. The van der Waals surface area contributed by atoms with Crippen LogP contribution in [0.3, 0.4) is 0 Å². The summed E-state index contributed by atoms with van der Waals surface area (Å²) in [6.45, 7) is 0.296. The molecule has 0 fully saturated rings. The Morgan fingerprint density at radius 3 is 2.60 bits per heavy atom. The van der Waals surface area contributed by atoms with Crippen LogP contribution < -0.4 is 10.6 Å². The summed E-state index contributed by atoms with van der Waals surface area (Å²) in [6.07, 6.45) is 0. The molecule has 2 amide bonds. The lowest BCUT2D eigenvalue weighted by Gasteiger charge is -2.11. The second kappa shape index (κ2) is 7.42. The van der Waals surface area contributed by atoms with Gasteiger partial charge in [-0.3, -0.25) is 9.59 Å². The van der Waals surface area contributed by atoms with Gasteiger partial charge in [-0.25, -0.2) is 4.98 Å². The number of aromatic nitrogens is 1. The molecule has 0 atom stereocenters. The molecular formula is C18H18N4O2S. The topological polar surface area (TPSA) is 74.3 Å². The van der Waals surface area contributed by atoms with Crippen LogP contribution >= 0.6 is 11.3 Å². The number of thiazole rings is 1. The molecule has 25 heavy (non-hydrogen) atoms. The van der Waals surface area contributed by atoms with Gasteiger partial charge < -0.3 is 15.5 Å². The Bertz CT molecular complexity index is 920. The van der Waals surface area contributed by atoms with Gasteiger partial charge in [-0.05, 0) is 50.5 Å². The van der Waals surface area contributed by atoms with Crippen molar-refractivity contribution in [1.82, 2.24) is 9.88 Å². The molecule has 1 aromatic heterocycles. The molecule has 2 N–H and O–H groups in total. The molecule has 3 rings (SSSR count). The summed E-state index contributed by atoms with van der Waals surface area (Å²) in [6, 6.07) is 12.5. The van der Waals surface area contributed by atoms with Crippen LogP contribution in [-0.4, -0.2) is 42.3 Å². The van der Waals surface area contributed by atoms with Crippen LogP contribution in [0.4, 0.5) is 11.4 Å². The monoisotopic (exact) mass is 354 g/mol. The predicted molar refractivity (Wildman–Crippen MR) is 101 cm³/mol. The molecular weight excluding hydrogens is 336 g/mol. The first kappa shape index (κ1) is 17.1. The number of benzene rings is 2. The zero-order valence-corrected chi connectivity index (χ0v) is 14.8. The fourth-order valence-corrected chi connectivity index (χ4v) is 3.02. The van der Waals surface area contributed by atoms with E-state index < -0.39 is 0 Å². The fourth-order valence-electron chi connectivity index (χ4n) is 2.36. The minimum Gasteiger partial charge on any atom is -0.325 e. The van der Waals surface area contributed by atoms with Crippen molar-refractivity contribution in [3.63, 3.8) is 0 Å². The summed E-state index contributed by atoms with van der Waals surface area (Å²) < 4.78 is 1.04. The van der Waals surface area contributed by atoms with Gasteiger partial charge in [-0.2, -0.15) is 0 Å². The smallest absolute Gasteiger partial charge is 0.255 e. The highest BCUT2D eigenvalue weighted by atomic mass is 32.1. The number of likely N-dealkylation sites (N-methyl/N-ethyl adjacent to an activating group) is 1. The first-order valence-corrected chi connectivity index (χ1v) is 8.58. The molecule has 0 saturated heterocycles. The van der Waals surface area contributed by atoms with Crippen molar-refractivity contribution >= 4 is 44.7 Å². The quantitative estimate of drug-likeness (QED) is 0.738. The summed E-state index contributed by atoms with van der Waals surface area (Å²) in [7, 11) is 3.66. The van der Waals surface area contributed by atoms with E-state index in [9.17, 15) is 9.59 Å². The normalized spacial score (nSPS) is 10.8. The van der Waals surface area contributed by atoms with E-state index in [1.807, 2.05) is 20.2 Å². The molecule has 7 heteroatoms. The van der Waals surface area contributed by atoms with Gasteiger partial charge in [0, 0.05) is 16.9 Å². The van der Waals surface area contributed by atoms with E-state index in [1.165, 1.54) is 11.3 Å². The van der Waals surface area contributed by atoms with Crippen LogP contribution in [0.2, 0.25) is 0 Å². The first-order chi connectivity index (χ1) is 12.0. The molecule has 0 bridgehead atoms. The van der Waals surface area contributed by atoms with Crippen molar-refractivity contribution in [2.24, 2.45) is 0 Å². The molecule has 0 unspecified atom stereocenters. The zero-order chi connectivity index (χ0) is 17.8. The number of nitrogens with one attached hydrogen (secondary N) is 2. The maximum Gasteiger partial charge on any atom is 0.255 e. The minimum atomic E-state index is -0.216. The Labute approximate surface area is 149 Å². The highest BCUT2D eigenvalue weighted by Crippen LogP contribution is 2.20. The molecule has 0 aliphatic carbocycles. The molecule has 2 aromatic carbocycles. The molecule has 128 valence electrons. The Balaban J connectivity index is 1.70. The number of carbonyl (C=O) groups is 2. The molecule has 0 spiro atoms. The van der Waals surface area contributed by atoms with Gasteiger partial charge in [-0.15, -0.1) is 11.3 Å². The lowest BCUT2D eigenvalue weighted by atomic mass is 10.2. The Morgan fingerprint density at radius 2 is 1.84 bits per heavy atom. The van der Waals surface area contributed by atoms with E-state index in [4.69, 9.17) is 0 Å². The highest BCUT2D eigenvalue weighted by Gasteiger charge is 2.09. The first-order valence-electron chi connectivity index (χ1n) is 7.70.